The zero-order valence-corrected chi connectivity index (χ0v) is 13.2. The van der Waals surface area contributed by atoms with E-state index in [9.17, 15) is 4.79 Å². The normalized spacial score (nSPS) is 18.2. The fourth-order valence-electron chi connectivity index (χ4n) is 3.05. The van der Waals surface area contributed by atoms with Crippen LogP contribution in [0.3, 0.4) is 0 Å². The molecular weight excluding hydrogens is 294 g/mol. The Morgan fingerprint density at radius 2 is 2.27 bits per heavy atom. The standard InChI is InChI=1S/C17H17N3OS/c1-11-9-18-16(19-11)13-6-7-20(10-13)17(21)15-8-12-4-2-3-5-14(12)22-15/h2-5,8-9,13H,6-7,10H2,1H3,(H,18,19). The van der Waals surface area contributed by atoms with E-state index in [4.69, 9.17) is 0 Å². The van der Waals surface area contributed by atoms with E-state index in [2.05, 4.69) is 22.1 Å². The first-order chi connectivity index (χ1) is 10.7. The number of H-pyrrole nitrogens is 1. The maximum Gasteiger partial charge on any atom is 0.263 e. The summed E-state index contributed by atoms with van der Waals surface area (Å²) < 4.78 is 1.17. The van der Waals surface area contributed by atoms with Crippen LogP contribution in [0, 0.1) is 6.92 Å². The van der Waals surface area contributed by atoms with Crippen LogP contribution in [0.2, 0.25) is 0 Å². The van der Waals surface area contributed by atoms with E-state index in [1.807, 2.05) is 36.2 Å². The van der Waals surface area contributed by atoms with Crippen LogP contribution in [0.4, 0.5) is 0 Å². The number of likely N-dealkylation sites (tertiary alicyclic amines) is 1. The molecule has 0 aliphatic carbocycles. The quantitative estimate of drug-likeness (QED) is 0.786. The largest absolute Gasteiger partial charge is 0.346 e. The highest BCUT2D eigenvalue weighted by molar-refractivity contribution is 7.20. The molecule has 1 saturated heterocycles. The highest BCUT2D eigenvalue weighted by atomic mass is 32.1. The summed E-state index contributed by atoms with van der Waals surface area (Å²) in [4.78, 5) is 23.2. The van der Waals surface area contributed by atoms with Crippen LogP contribution in [0.15, 0.2) is 36.5 Å². The van der Waals surface area contributed by atoms with Gasteiger partial charge in [0.05, 0.1) is 4.88 Å². The Balaban J connectivity index is 1.53. The van der Waals surface area contributed by atoms with Gasteiger partial charge in [-0.05, 0) is 30.9 Å². The average molecular weight is 311 g/mol. The molecule has 1 aliphatic rings. The Kier molecular flexibility index (Phi) is 3.22. The first-order valence-corrected chi connectivity index (χ1v) is 8.32. The number of rotatable bonds is 2. The van der Waals surface area contributed by atoms with Crippen LogP contribution in [-0.4, -0.2) is 33.9 Å². The van der Waals surface area contributed by atoms with Crippen LogP contribution < -0.4 is 0 Å². The van der Waals surface area contributed by atoms with Gasteiger partial charge in [-0.15, -0.1) is 11.3 Å². The summed E-state index contributed by atoms with van der Waals surface area (Å²) in [6.07, 6.45) is 2.83. The highest BCUT2D eigenvalue weighted by Gasteiger charge is 2.30. The minimum absolute atomic E-state index is 0.145. The molecule has 1 atom stereocenters. The third kappa shape index (κ3) is 2.31. The summed E-state index contributed by atoms with van der Waals surface area (Å²) in [6.45, 7) is 3.56. The summed E-state index contributed by atoms with van der Waals surface area (Å²) in [5.41, 5.74) is 1.07. The lowest BCUT2D eigenvalue weighted by atomic mass is 10.1. The Morgan fingerprint density at radius 1 is 1.41 bits per heavy atom. The second-order valence-electron chi connectivity index (χ2n) is 5.84. The van der Waals surface area contributed by atoms with E-state index >= 15 is 0 Å². The summed E-state index contributed by atoms with van der Waals surface area (Å²) >= 11 is 1.58. The number of carbonyl (C=O) groups excluding carboxylic acids is 1. The molecule has 3 aromatic rings. The van der Waals surface area contributed by atoms with Crippen molar-refractivity contribution in [2.45, 2.75) is 19.3 Å². The van der Waals surface area contributed by atoms with Gasteiger partial charge in [0.1, 0.15) is 5.82 Å². The molecule has 4 nitrogen and oxygen atoms in total. The minimum Gasteiger partial charge on any atom is -0.346 e. The van der Waals surface area contributed by atoms with Crippen molar-refractivity contribution in [3.05, 3.63) is 52.9 Å². The van der Waals surface area contributed by atoms with Gasteiger partial charge in [-0.3, -0.25) is 4.79 Å². The van der Waals surface area contributed by atoms with E-state index in [0.29, 0.717) is 5.92 Å². The Bertz CT molecular complexity index is 802. The van der Waals surface area contributed by atoms with Gasteiger partial charge in [-0.1, -0.05) is 18.2 Å². The molecule has 1 N–H and O–H groups in total. The van der Waals surface area contributed by atoms with Gasteiger partial charge in [0, 0.05) is 35.6 Å². The molecule has 1 aliphatic heterocycles. The first-order valence-electron chi connectivity index (χ1n) is 7.50. The number of imidazole rings is 1. The molecule has 112 valence electrons. The predicted molar refractivity (Wildman–Crippen MR) is 88.4 cm³/mol. The smallest absolute Gasteiger partial charge is 0.263 e. The van der Waals surface area contributed by atoms with Crippen LogP contribution in [0.1, 0.15) is 33.5 Å². The van der Waals surface area contributed by atoms with Crippen molar-refractivity contribution in [2.75, 3.05) is 13.1 Å². The molecule has 5 heteroatoms. The third-order valence-corrected chi connectivity index (χ3v) is 5.33. The number of hydrogen-bond acceptors (Lipinski definition) is 3. The lowest BCUT2D eigenvalue weighted by Crippen LogP contribution is -2.27. The summed E-state index contributed by atoms with van der Waals surface area (Å²) in [5, 5.41) is 1.15. The fourth-order valence-corrected chi connectivity index (χ4v) is 4.08. The lowest BCUT2D eigenvalue weighted by Gasteiger charge is -2.14. The molecule has 3 heterocycles. The second kappa shape index (κ2) is 5.25. The SMILES string of the molecule is Cc1cnc(C2CCN(C(=O)c3cc4ccccc4s3)C2)[nH]1. The van der Waals surface area contributed by atoms with Crippen molar-refractivity contribution in [2.24, 2.45) is 0 Å². The van der Waals surface area contributed by atoms with Crippen molar-refractivity contribution >= 4 is 27.3 Å². The molecule has 0 spiro atoms. The molecule has 1 unspecified atom stereocenters. The average Bonchev–Trinajstić information content (AvgIpc) is 3.24. The minimum atomic E-state index is 0.145. The van der Waals surface area contributed by atoms with Gasteiger partial charge in [0.25, 0.3) is 5.91 Å². The molecule has 1 amide bonds. The Hall–Kier alpha value is -2.14. The van der Waals surface area contributed by atoms with E-state index in [1.54, 1.807) is 11.3 Å². The van der Waals surface area contributed by atoms with Gasteiger partial charge in [-0.2, -0.15) is 0 Å². The lowest BCUT2D eigenvalue weighted by molar-refractivity contribution is 0.0795. The topological polar surface area (TPSA) is 49.0 Å². The van der Waals surface area contributed by atoms with Crippen LogP contribution in [-0.2, 0) is 0 Å². The number of carbonyl (C=O) groups is 1. The number of thiophene rings is 1. The first kappa shape index (κ1) is 13.5. The number of nitrogens with zero attached hydrogens (tertiary/aromatic N) is 2. The molecule has 22 heavy (non-hydrogen) atoms. The number of nitrogens with one attached hydrogen (secondary N) is 1. The molecule has 2 aromatic heterocycles. The fraction of sp³-hybridized carbons (Fsp3) is 0.294. The monoisotopic (exact) mass is 311 g/mol. The highest BCUT2D eigenvalue weighted by Crippen LogP contribution is 2.30. The van der Waals surface area contributed by atoms with Crippen molar-refractivity contribution in [3.63, 3.8) is 0 Å². The Labute approximate surface area is 132 Å². The van der Waals surface area contributed by atoms with Crippen LogP contribution in [0.25, 0.3) is 10.1 Å². The summed E-state index contributed by atoms with van der Waals surface area (Å²) in [5.74, 6) is 1.48. The molecule has 0 saturated carbocycles. The Morgan fingerprint density at radius 3 is 3.05 bits per heavy atom. The number of aryl methyl sites for hydroxylation is 1. The number of aromatic nitrogens is 2. The molecule has 0 bridgehead atoms. The number of amides is 1. The van der Waals surface area contributed by atoms with Gasteiger partial charge < -0.3 is 9.88 Å². The van der Waals surface area contributed by atoms with E-state index in [-0.39, 0.29) is 5.91 Å². The maximum atomic E-state index is 12.7. The molecular formula is C17H17N3OS. The third-order valence-electron chi connectivity index (χ3n) is 4.22. The predicted octanol–water partition coefficient (Wildman–Crippen LogP) is 3.56. The summed E-state index contributed by atoms with van der Waals surface area (Å²) in [7, 11) is 0. The zero-order chi connectivity index (χ0) is 15.1. The van der Waals surface area contributed by atoms with E-state index < -0.39 is 0 Å². The molecule has 0 radical (unpaired) electrons. The van der Waals surface area contributed by atoms with E-state index in [0.717, 1.165) is 41.3 Å². The molecule has 1 aromatic carbocycles. The maximum absolute atomic E-state index is 12.7. The number of hydrogen-bond donors (Lipinski definition) is 1. The van der Waals surface area contributed by atoms with Gasteiger partial charge in [0.15, 0.2) is 0 Å². The van der Waals surface area contributed by atoms with Crippen LogP contribution >= 0.6 is 11.3 Å². The van der Waals surface area contributed by atoms with Gasteiger partial charge in [-0.25, -0.2) is 4.98 Å². The second-order valence-corrected chi connectivity index (χ2v) is 6.92. The number of benzene rings is 1. The van der Waals surface area contributed by atoms with E-state index in [1.165, 1.54) is 4.70 Å². The zero-order valence-electron chi connectivity index (χ0n) is 12.4. The van der Waals surface area contributed by atoms with Gasteiger partial charge in [0.2, 0.25) is 0 Å². The number of aromatic amines is 1. The van der Waals surface area contributed by atoms with Crippen molar-refractivity contribution in [3.8, 4) is 0 Å². The number of fused-ring (bicyclic) bond motifs is 1. The molecule has 1 fully saturated rings. The van der Waals surface area contributed by atoms with Gasteiger partial charge >= 0.3 is 0 Å². The van der Waals surface area contributed by atoms with Crippen molar-refractivity contribution < 1.29 is 4.79 Å². The van der Waals surface area contributed by atoms with Crippen LogP contribution in [0.5, 0.6) is 0 Å². The summed E-state index contributed by atoms with van der Waals surface area (Å²) in [6, 6.07) is 10.1. The van der Waals surface area contributed by atoms with Crippen molar-refractivity contribution in [1.29, 1.82) is 0 Å². The van der Waals surface area contributed by atoms with Crippen molar-refractivity contribution in [1.82, 2.24) is 14.9 Å². The molecule has 4 rings (SSSR count).